The quantitative estimate of drug-likeness (QED) is 0.829. The lowest BCUT2D eigenvalue weighted by Crippen LogP contribution is -2.51. The van der Waals surface area contributed by atoms with Crippen LogP contribution < -0.4 is 10.2 Å². The molecule has 1 N–H and O–H groups in total. The topological polar surface area (TPSA) is 79.2 Å². The average molecular weight is 396 g/mol. The van der Waals surface area contributed by atoms with Gasteiger partial charge in [0.15, 0.2) is 0 Å². The molecule has 0 bridgehead atoms. The molecule has 2 aliphatic heterocycles. The summed E-state index contributed by atoms with van der Waals surface area (Å²) in [5.41, 5.74) is 0.982. The summed E-state index contributed by atoms with van der Waals surface area (Å²) >= 11 is 0. The van der Waals surface area contributed by atoms with Gasteiger partial charge in [-0.15, -0.1) is 0 Å². The molecular formula is C21H29N7O. The minimum Gasteiger partial charge on any atom is -0.353 e. The maximum absolute atomic E-state index is 12.5. The van der Waals surface area contributed by atoms with E-state index in [2.05, 4.69) is 30.6 Å². The first-order valence-electron chi connectivity index (χ1n) is 10.9. The number of rotatable bonds is 5. The molecule has 2 saturated heterocycles. The average Bonchev–Trinajstić information content (AvgIpc) is 3.46. The third-order valence-electron chi connectivity index (χ3n) is 6.46. The predicted octanol–water partition coefficient (Wildman–Crippen LogP) is 1.62. The van der Waals surface area contributed by atoms with Crippen molar-refractivity contribution in [1.29, 1.82) is 0 Å². The van der Waals surface area contributed by atoms with Gasteiger partial charge in [-0.1, -0.05) is 23.3 Å². The van der Waals surface area contributed by atoms with Crippen LogP contribution in [0.2, 0.25) is 0 Å². The lowest BCUT2D eigenvalue weighted by Gasteiger charge is -2.42. The summed E-state index contributed by atoms with van der Waals surface area (Å²) in [5, 5.41) is 15.6. The Morgan fingerprint density at radius 2 is 1.79 bits per heavy atom. The van der Waals surface area contributed by atoms with Gasteiger partial charge in [0.05, 0.1) is 11.6 Å². The van der Waals surface area contributed by atoms with Gasteiger partial charge >= 0.3 is 0 Å². The van der Waals surface area contributed by atoms with Crippen LogP contribution in [0.4, 0.5) is 5.95 Å². The first-order valence-corrected chi connectivity index (χ1v) is 10.9. The number of aromatic nitrogens is 4. The minimum atomic E-state index is 0.160. The van der Waals surface area contributed by atoms with E-state index in [4.69, 9.17) is 0 Å². The Morgan fingerprint density at radius 3 is 2.55 bits per heavy atom. The largest absolute Gasteiger partial charge is 0.353 e. The molecule has 0 spiro atoms. The van der Waals surface area contributed by atoms with Crippen molar-refractivity contribution in [2.24, 2.45) is 5.92 Å². The number of piperidine rings is 2. The van der Waals surface area contributed by atoms with Crippen molar-refractivity contribution < 1.29 is 4.79 Å². The molecule has 1 atom stereocenters. The van der Waals surface area contributed by atoms with Crippen LogP contribution in [0.25, 0.3) is 5.69 Å². The smallest absolute Gasteiger partial charge is 0.250 e. The van der Waals surface area contributed by atoms with Gasteiger partial charge in [-0.25, -0.2) is 0 Å². The number of anilines is 1. The normalized spacial score (nSPS) is 23.9. The van der Waals surface area contributed by atoms with E-state index in [1.54, 1.807) is 0 Å². The van der Waals surface area contributed by atoms with E-state index in [0.29, 0.717) is 12.1 Å². The Labute approximate surface area is 171 Å². The fraction of sp³-hybridized carbons (Fsp3) is 0.619. The zero-order valence-electron chi connectivity index (χ0n) is 16.8. The summed E-state index contributed by atoms with van der Waals surface area (Å²) in [6, 6.07) is 11.0. The van der Waals surface area contributed by atoms with Crippen molar-refractivity contribution in [3.05, 3.63) is 30.3 Å². The Bertz CT molecular complexity index is 827. The van der Waals surface area contributed by atoms with E-state index in [9.17, 15) is 4.79 Å². The number of carbonyl (C=O) groups excluding carboxylic acids is 1. The van der Waals surface area contributed by atoms with Crippen LogP contribution >= 0.6 is 0 Å². The zero-order valence-corrected chi connectivity index (χ0v) is 16.8. The molecule has 3 heterocycles. The lowest BCUT2D eigenvalue weighted by atomic mass is 9.93. The number of amides is 1. The first kappa shape index (κ1) is 18.5. The standard InChI is InChI=1S/C21H29N7O/c29-20(22-17-8-9-17)16-5-4-12-27(15-16)18-10-13-26(14-11-18)21-23-24-25-28(21)19-6-2-1-3-7-19/h1-3,6-7,16-18H,4-5,8-15H2,(H,22,29)/t16-/m0/s1. The molecule has 29 heavy (non-hydrogen) atoms. The van der Waals surface area contributed by atoms with Crippen LogP contribution in [0.3, 0.4) is 0 Å². The highest BCUT2D eigenvalue weighted by Crippen LogP contribution is 2.27. The number of nitrogens with one attached hydrogen (secondary N) is 1. The van der Waals surface area contributed by atoms with E-state index in [1.165, 1.54) is 0 Å². The molecule has 1 aromatic heterocycles. The van der Waals surface area contributed by atoms with Gasteiger partial charge < -0.3 is 10.2 Å². The Balaban J connectivity index is 1.19. The molecule has 8 nitrogen and oxygen atoms in total. The van der Waals surface area contributed by atoms with Crippen LogP contribution in [-0.4, -0.2) is 69.3 Å². The SMILES string of the molecule is O=C(NC1CC1)[C@H]1CCCN(C2CCN(c3nnnn3-c3ccccc3)CC2)C1. The summed E-state index contributed by atoms with van der Waals surface area (Å²) in [4.78, 5) is 17.3. The van der Waals surface area contributed by atoms with Gasteiger partial charge in [0.25, 0.3) is 0 Å². The number of tetrazole rings is 1. The highest BCUT2D eigenvalue weighted by Gasteiger charge is 2.34. The number of benzene rings is 1. The molecule has 1 aliphatic carbocycles. The molecule has 1 saturated carbocycles. The van der Waals surface area contributed by atoms with E-state index < -0.39 is 0 Å². The fourth-order valence-corrected chi connectivity index (χ4v) is 4.65. The molecule has 1 amide bonds. The summed E-state index contributed by atoms with van der Waals surface area (Å²) in [6.07, 6.45) is 6.62. The maximum atomic E-state index is 12.5. The van der Waals surface area contributed by atoms with Crippen molar-refractivity contribution in [3.8, 4) is 5.69 Å². The molecule has 1 aromatic carbocycles. The van der Waals surface area contributed by atoms with Crippen LogP contribution in [-0.2, 0) is 4.79 Å². The van der Waals surface area contributed by atoms with Crippen LogP contribution in [0.15, 0.2) is 30.3 Å². The highest BCUT2D eigenvalue weighted by molar-refractivity contribution is 5.79. The lowest BCUT2D eigenvalue weighted by molar-refractivity contribution is -0.127. The summed E-state index contributed by atoms with van der Waals surface area (Å²) < 4.78 is 1.82. The van der Waals surface area contributed by atoms with Crippen molar-refractivity contribution >= 4 is 11.9 Å². The molecule has 8 heteroatoms. The molecule has 0 unspecified atom stereocenters. The fourth-order valence-electron chi connectivity index (χ4n) is 4.65. The van der Waals surface area contributed by atoms with Gasteiger partial charge in [-0.3, -0.25) is 9.69 Å². The zero-order chi connectivity index (χ0) is 19.6. The van der Waals surface area contributed by atoms with Crippen LogP contribution in [0.5, 0.6) is 0 Å². The molecule has 2 aromatic rings. The second kappa shape index (κ2) is 8.10. The van der Waals surface area contributed by atoms with E-state index in [0.717, 1.165) is 76.3 Å². The van der Waals surface area contributed by atoms with Crippen molar-refractivity contribution in [2.45, 2.75) is 50.6 Å². The molecule has 0 radical (unpaired) electrons. The molecular weight excluding hydrogens is 366 g/mol. The van der Waals surface area contributed by atoms with E-state index >= 15 is 0 Å². The number of para-hydroxylation sites is 1. The Hall–Kier alpha value is -2.48. The van der Waals surface area contributed by atoms with Gasteiger partial charge in [0, 0.05) is 31.7 Å². The number of likely N-dealkylation sites (tertiary alicyclic amines) is 1. The number of hydrogen-bond acceptors (Lipinski definition) is 6. The summed E-state index contributed by atoms with van der Waals surface area (Å²) in [6.45, 7) is 3.89. The van der Waals surface area contributed by atoms with Gasteiger partial charge in [0.2, 0.25) is 11.9 Å². The van der Waals surface area contributed by atoms with Gasteiger partial charge in [-0.2, -0.15) is 4.68 Å². The van der Waals surface area contributed by atoms with Crippen molar-refractivity contribution in [3.63, 3.8) is 0 Å². The number of carbonyl (C=O) groups is 1. The highest BCUT2D eigenvalue weighted by atomic mass is 16.2. The third kappa shape index (κ3) is 4.12. The van der Waals surface area contributed by atoms with E-state index in [-0.39, 0.29) is 11.8 Å². The Kier molecular flexibility index (Phi) is 5.18. The van der Waals surface area contributed by atoms with Gasteiger partial charge in [0.1, 0.15) is 0 Å². The number of hydrogen-bond donors (Lipinski definition) is 1. The van der Waals surface area contributed by atoms with E-state index in [1.807, 2.05) is 35.0 Å². The summed E-state index contributed by atoms with van der Waals surface area (Å²) in [5.74, 6) is 1.25. The predicted molar refractivity (Wildman–Crippen MR) is 110 cm³/mol. The van der Waals surface area contributed by atoms with Crippen LogP contribution in [0, 0.1) is 5.92 Å². The molecule has 154 valence electrons. The first-order chi connectivity index (χ1) is 14.3. The Morgan fingerprint density at radius 1 is 1.00 bits per heavy atom. The van der Waals surface area contributed by atoms with Gasteiger partial charge in [-0.05, 0) is 67.6 Å². The monoisotopic (exact) mass is 395 g/mol. The summed E-state index contributed by atoms with van der Waals surface area (Å²) in [7, 11) is 0. The molecule has 5 rings (SSSR count). The number of nitrogens with zero attached hydrogens (tertiary/aromatic N) is 6. The van der Waals surface area contributed by atoms with Crippen molar-refractivity contribution in [2.75, 3.05) is 31.1 Å². The third-order valence-corrected chi connectivity index (χ3v) is 6.46. The maximum Gasteiger partial charge on any atom is 0.250 e. The molecule has 3 aliphatic rings. The van der Waals surface area contributed by atoms with Crippen LogP contribution in [0.1, 0.15) is 38.5 Å². The molecule has 3 fully saturated rings. The second-order valence-electron chi connectivity index (χ2n) is 8.56. The van der Waals surface area contributed by atoms with Crippen molar-refractivity contribution in [1.82, 2.24) is 30.4 Å². The minimum absolute atomic E-state index is 0.160. The second-order valence-corrected chi connectivity index (χ2v) is 8.56.